The predicted octanol–water partition coefficient (Wildman–Crippen LogP) is 4.26. The third-order valence-corrected chi connectivity index (χ3v) is 4.67. The van der Waals surface area contributed by atoms with Crippen LogP contribution in [-0.2, 0) is 14.6 Å². The standard InChI is InChI=1S/C18H12F4O3S/c1-11(23)8-18(15-5-4-14(20)10-17(15)22)26(24,25)7-6-12-2-3-13(19)9-16(12)21/h2-10H,1H3/b7-6?,18-8+. The Bertz CT molecular complexity index is 1020. The Morgan fingerprint density at radius 2 is 1.50 bits per heavy atom. The van der Waals surface area contributed by atoms with Crippen molar-refractivity contribution in [3.8, 4) is 0 Å². The largest absolute Gasteiger partial charge is 0.295 e. The zero-order chi connectivity index (χ0) is 19.5. The zero-order valence-corrected chi connectivity index (χ0v) is 14.2. The molecule has 2 rings (SSSR count). The third kappa shape index (κ3) is 4.66. The van der Waals surface area contributed by atoms with Gasteiger partial charge in [0.2, 0.25) is 9.84 Å². The van der Waals surface area contributed by atoms with Gasteiger partial charge in [-0.3, -0.25) is 4.79 Å². The summed E-state index contributed by atoms with van der Waals surface area (Å²) < 4.78 is 78.5. The Kier molecular flexibility index (Phi) is 5.76. The molecule has 0 atom stereocenters. The average Bonchev–Trinajstić information content (AvgIpc) is 2.52. The molecule has 0 spiro atoms. The van der Waals surface area contributed by atoms with Crippen molar-refractivity contribution in [1.29, 1.82) is 0 Å². The van der Waals surface area contributed by atoms with Crippen LogP contribution in [0, 0.1) is 23.3 Å². The smallest absolute Gasteiger partial charge is 0.200 e. The summed E-state index contributed by atoms with van der Waals surface area (Å²) in [5, 5.41) is 0.556. The van der Waals surface area contributed by atoms with E-state index in [-0.39, 0.29) is 5.56 Å². The van der Waals surface area contributed by atoms with Gasteiger partial charge in [-0.2, -0.15) is 0 Å². The number of halogens is 4. The van der Waals surface area contributed by atoms with Crippen LogP contribution in [0.15, 0.2) is 47.9 Å². The molecular formula is C18H12F4O3S. The van der Waals surface area contributed by atoms with Crippen LogP contribution in [0.1, 0.15) is 18.1 Å². The highest BCUT2D eigenvalue weighted by atomic mass is 32.2. The van der Waals surface area contributed by atoms with Crippen LogP contribution < -0.4 is 0 Å². The van der Waals surface area contributed by atoms with Gasteiger partial charge in [-0.25, -0.2) is 26.0 Å². The molecule has 8 heteroatoms. The van der Waals surface area contributed by atoms with E-state index in [0.29, 0.717) is 23.6 Å². The summed E-state index contributed by atoms with van der Waals surface area (Å²) in [6.07, 6.45) is 1.52. The van der Waals surface area contributed by atoms with Gasteiger partial charge in [-0.15, -0.1) is 0 Å². The van der Waals surface area contributed by atoms with Crippen LogP contribution in [0.2, 0.25) is 0 Å². The van der Waals surface area contributed by atoms with Gasteiger partial charge in [0.15, 0.2) is 5.78 Å². The topological polar surface area (TPSA) is 51.2 Å². The second-order valence-corrected chi connectivity index (χ2v) is 7.06. The summed E-state index contributed by atoms with van der Waals surface area (Å²) >= 11 is 0. The number of ketones is 1. The third-order valence-electron chi connectivity index (χ3n) is 3.23. The maximum atomic E-state index is 14.0. The van der Waals surface area contributed by atoms with E-state index in [4.69, 9.17) is 0 Å². The molecular weight excluding hydrogens is 372 g/mol. The molecule has 0 unspecified atom stereocenters. The van der Waals surface area contributed by atoms with Crippen molar-refractivity contribution in [2.45, 2.75) is 6.92 Å². The number of hydrogen-bond donors (Lipinski definition) is 0. The maximum absolute atomic E-state index is 14.0. The van der Waals surface area contributed by atoms with Gasteiger partial charge in [-0.05, 0) is 37.3 Å². The van der Waals surface area contributed by atoms with Crippen molar-refractivity contribution in [2.75, 3.05) is 0 Å². The number of rotatable bonds is 5. The number of carbonyl (C=O) groups excluding carboxylic acids is 1. The first-order chi connectivity index (χ1) is 12.1. The van der Waals surface area contributed by atoms with Crippen molar-refractivity contribution in [3.63, 3.8) is 0 Å². The lowest BCUT2D eigenvalue weighted by Gasteiger charge is -2.07. The molecule has 0 saturated heterocycles. The number of hydrogen-bond acceptors (Lipinski definition) is 3. The van der Waals surface area contributed by atoms with Gasteiger partial charge in [0, 0.05) is 34.7 Å². The summed E-state index contributed by atoms with van der Waals surface area (Å²) in [7, 11) is -4.39. The van der Waals surface area contributed by atoms with Gasteiger partial charge in [-0.1, -0.05) is 0 Å². The van der Waals surface area contributed by atoms with Crippen molar-refractivity contribution < 1.29 is 30.8 Å². The van der Waals surface area contributed by atoms with E-state index in [1.54, 1.807) is 0 Å². The van der Waals surface area contributed by atoms with E-state index in [1.165, 1.54) is 0 Å². The first kappa shape index (κ1) is 19.6. The van der Waals surface area contributed by atoms with E-state index in [9.17, 15) is 30.8 Å². The lowest BCUT2D eigenvalue weighted by atomic mass is 10.2. The molecule has 0 radical (unpaired) electrons. The molecule has 0 heterocycles. The highest BCUT2D eigenvalue weighted by Gasteiger charge is 2.21. The molecule has 2 aromatic rings. The molecule has 3 nitrogen and oxygen atoms in total. The number of sulfone groups is 1. The van der Waals surface area contributed by atoms with Crippen molar-refractivity contribution in [1.82, 2.24) is 0 Å². The molecule has 0 fully saturated rings. The van der Waals surface area contributed by atoms with Gasteiger partial charge in [0.25, 0.3) is 0 Å². The van der Waals surface area contributed by atoms with Crippen LogP contribution in [0.4, 0.5) is 17.6 Å². The minimum Gasteiger partial charge on any atom is -0.295 e. The molecule has 0 aliphatic heterocycles. The highest BCUT2D eigenvalue weighted by molar-refractivity contribution is 8.03. The van der Waals surface area contributed by atoms with Gasteiger partial charge >= 0.3 is 0 Å². The molecule has 136 valence electrons. The van der Waals surface area contributed by atoms with Gasteiger partial charge in [0.1, 0.15) is 23.3 Å². The molecule has 0 bridgehead atoms. The van der Waals surface area contributed by atoms with E-state index in [0.717, 1.165) is 37.3 Å². The lowest BCUT2D eigenvalue weighted by molar-refractivity contribution is -0.112. The van der Waals surface area contributed by atoms with E-state index >= 15 is 0 Å². The fourth-order valence-electron chi connectivity index (χ4n) is 2.06. The van der Waals surface area contributed by atoms with Crippen LogP contribution in [0.25, 0.3) is 11.0 Å². The Morgan fingerprint density at radius 3 is 2.04 bits per heavy atom. The second-order valence-electron chi connectivity index (χ2n) is 5.26. The van der Waals surface area contributed by atoms with Crippen LogP contribution in [-0.4, -0.2) is 14.2 Å². The predicted molar refractivity (Wildman–Crippen MR) is 89.3 cm³/mol. The fraction of sp³-hybridized carbons (Fsp3) is 0.0556. The minimum atomic E-state index is -4.39. The minimum absolute atomic E-state index is 0.225. The summed E-state index contributed by atoms with van der Waals surface area (Å²) in [6, 6.07) is 4.71. The van der Waals surface area contributed by atoms with Crippen LogP contribution in [0.3, 0.4) is 0 Å². The fourth-order valence-corrected chi connectivity index (χ4v) is 3.33. The SMILES string of the molecule is CC(=O)/C=C(\c1ccc(F)cc1F)S(=O)(=O)C=Cc1ccc(F)cc1F. The molecule has 0 N–H and O–H groups in total. The summed E-state index contributed by atoms with van der Waals surface area (Å²) in [5.41, 5.74) is -0.734. The average molecular weight is 384 g/mol. The number of carbonyl (C=O) groups is 1. The normalized spacial score (nSPS) is 12.6. The monoisotopic (exact) mass is 384 g/mol. The first-order valence-electron chi connectivity index (χ1n) is 7.16. The lowest BCUT2D eigenvalue weighted by Crippen LogP contribution is -2.04. The molecule has 0 aliphatic rings. The Labute approximate surface area is 147 Å². The first-order valence-corrected chi connectivity index (χ1v) is 8.70. The zero-order valence-electron chi connectivity index (χ0n) is 13.3. The molecule has 0 amide bonds. The summed E-state index contributed by atoms with van der Waals surface area (Å²) in [5.74, 6) is -4.62. The van der Waals surface area contributed by atoms with Crippen molar-refractivity contribution in [2.24, 2.45) is 0 Å². The maximum Gasteiger partial charge on any atom is 0.200 e. The molecule has 0 saturated carbocycles. The highest BCUT2D eigenvalue weighted by Crippen LogP contribution is 2.27. The summed E-state index contributed by atoms with van der Waals surface area (Å²) in [6.45, 7) is 1.06. The van der Waals surface area contributed by atoms with Crippen LogP contribution in [0.5, 0.6) is 0 Å². The van der Waals surface area contributed by atoms with Crippen molar-refractivity contribution in [3.05, 3.63) is 82.3 Å². The van der Waals surface area contributed by atoms with E-state index in [2.05, 4.69) is 0 Å². The molecule has 0 aromatic heterocycles. The van der Waals surface area contributed by atoms with Gasteiger partial charge < -0.3 is 0 Å². The summed E-state index contributed by atoms with van der Waals surface area (Å²) in [4.78, 5) is 10.6. The Morgan fingerprint density at radius 1 is 0.923 bits per heavy atom. The molecule has 2 aromatic carbocycles. The van der Waals surface area contributed by atoms with Crippen LogP contribution >= 0.6 is 0 Å². The quantitative estimate of drug-likeness (QED) is 0.572. The molecule has 26 heavy (non-hydrogen) atoms. The van der Waals surface area contributed by atoms with E-state index in [1.807, 2.05) is 0 Å². The second kappa shape index (κ2) is 7.65. The van der Waals surface area contributed by atoms with Gasteiger partial charge in [0.05, 0.1) is 4.91 Å². The molecule has 0 aliphatic carbocycles. The number of benzene rings is 2. The van der Waals surface area contributed by atoms with Crippen molar-refractivity contribution >= 4 is 26.6 Å². The Hall–Kier alpha value is -2.74. The van der Waals surface area contributed by atoms with E-state index < -0.39 is 49.4 Å². The number of allylic oxidation sites excluding steroid dienone is 1. The Balaban J connectivity index is 2.53.